The minimum absolute atomic E-state index is 0.108. The number of nitrogens with two attached hydrogens (primary N) is 1. The number of nitrogens with zero attached hydrogens (tertiary/aromatic N) is 3. The lowest BCUT2D eigenvalue weighted by Crippen LogP contribution is -2.22. The van der Waals surface area contributed by atoms with E-state index in [-0.39, 0.29) is 16.9 Å². The molecule has 4 rings (SSSR count). The van der Waals surface area contributed by atoms with Gasteiger partial charge in [0.2, 0.25) is 11.8 Å². The third-order valence-corrected chi connectivity index (χ3v) is 6.09. The highest BCUT2D eigenvalue weighted by atomic mass is 35.5. The highest BCUT2D eigenvalue weighted by molar-refractivity contribution is 6.20. The summed E-state index contributed by atoms with van der Waals surface area (Å²) in [4.78, 5) is 22.7. The molecule has 0 saturated heterocycles. The zero-order valence-corrected chi connectivity index (χ0v) is 18.9. The van der Waals surface area contributed by atoms with Gasteiger partial charge in [0.1, 0.15) is 6.20 Å². The monoisotopic (exact) mass is 459 g/mol. The quantitative estimate of drug-likeness (QED) is 0.224. The number of hydrogen-bond donors (Lipinski definition) is 4. The fourth-order valence-corrected chi connectivity index (χ4v) is 4.19. The molecule has 1 aliphatic rings. The minimum Gasteiger partial charge on any atom is -0.364 e. The molecule has 172 valence electrons. The molecular formula is C22H30ClN7O2. The van der Waals surface area contributed by atoms with E-state index in [1.54, 1.807) is 0 Å². The van der Waals surface area contributed by atoms with Crippen molar-refractivity contribution in [2.24, 2.45) is 11.7 Å². The van der Waals surface area contributed by atoms with Gasteiger partial charge in [0, 0.05) is 35.6 Å². The van der Waals surface area contributed by atoms with Crippen molar-refractivity contribution in [2.75, 3.05) is 30.8 Å². The fraction of sp³-hybridized carbons (Fsp3) is 0.455. The van der Waals surface area contributed by atoms with Crippen molar-refractivity contribution < 1.29 is 4.92 Å². The van der Waals surface area contributed by atoms with Gasteiger partial charge in [0.15, 0.2) is 0 Å². The molecule has 32 heavy (non-hydrogen) atoms. The molecule has 2 heterocycles. The Labute approximate surface area is 192 Å². The van der Waals surface area contributed by atoms with Crippen molar-refractivity contribution >= 4 is 40.0 Å². The normalized spacial score (nSPS) is 18.0. The topological polar surface area (TPSA) is 135 Å². The molecule has 0 spiro atoms. The SMILES string of the molecule is CN.O=[N+]([O-])c1cnc(NCCc2c[nH]c3ccccc23)nc1NCC1CCC(Cl)CC1. The first-order chi connectivity index (χ1) is 15.6. The van der Waals surface area contributed by atoms with E-state index in [1.807, 2.05) is 24.4 Å². The van der Waals surface area contributed by atoms with Gasteiger partial charge >= 0.3 is 5.69 Å². The lowest BCUT2D eigenvalue weighted by atomic mass is 9.89. The van der Waals surface area contributed by atoms with E-state index in [4.69, 9.17) is 11.6 Å². The van der Waals surface area contributed by atoms with Crippen molar-refractivity contribution in [3.05, 3.63) is 52.3 Å². The Kier molecular flexibility index (Phi) is 8.64. The first kappa shape index (κ1) is 23.7. The van der Waals surface area contributed by atoms with E-state index in [9.17, 15) is 10.1 Å². The van der Waals surface area contributed by atoms with E-state index in [0.717, 1.165) is 37.6 Å². The number of nitrogens with one attached hydrogen (secondary N) is 3. The van der Waals surface area contributed by atoms with E-state index < -0.39 is 4.92 Å². The summed E-state index contributed by atoms with van der Waals surface area (Å²) in [5, 5.41) is 19.2. The number of anilines is 2. The number of aromatic amines is 1. The van der Waals surface area contributed by atoms with E-state index in [0.29, 0.717) is 25.0 Å². The van der Waals surface area contributed by atoms with Gasteiger partial charge in [0.05, 0.1) is 4.92 Å². The Bertz CT molecular complexity index is 1020. The van der Waals surface area contributed by atoms with Crippen LogP contribution in [0, 0.1) is 16.0 Å². The van der Waals surface area contributed by atoms with Crippen LogP contribution in [0.2, 0.25) is 0 Å². The maximum absolute atomic E-state index is 11.4. The van der Waals surface area contributed by atoms with Gasteiger partial charge in [-0.25, -0.2) is 4.98 Å². The van der Waals surface area contributed by atoms with Gasteiger partial charge in [0.25, 0.3) is 0 Å². The number of benzene rings is 1. The number of hydrogen-bond acceptors (Lipinski definition) is 7. The van der Waals surface area contributed by atoms with Crippen molar-refractivity contribution in [3.8, 4) is 0 Å². The summed E-state index contributed by atoms with van der Waals surface area (Å²) < 4.78 is 0. The number of para-hydroxylation sites is 1. The molecule has 0 aliphatic heterocycles. The number of halogens is 1. The molecule has 0 amide bonds. The summed E-state index contributed by atoms with van der Waals surface area (Å²) in [5.74, 6) is 1.10. The van der Waals surface area contributed by atoms with Crippen molar-refractivity contribution in [2.45, 2.75) is 37.5 Å². The van der Waals surface area contributed by atoms with E-state index >= 15 is 0 Å². The van der Waals surface area contributed by atoms with Gasteiger partial charge in [-0.15, -0.1) is 11.6 Å². The molecule has 1 fully saturated rings. The molecule has 9 nitrogen and oxygen atoms in total. The second kappa shape index (κ2) is 11.6. The summed E-state index contributed by atoms with van der Waals surface area (Å²) in [6.07, 6.45) is 8.08. The first-order valence-electron chi connectivity index (χ1n) is 10.9. The summed E-state index contributed by atoms with van der Waals surface area (Å²) in [6.45, 7) is 1.27. The van der Waals surface area contributed by atoms with Gasteiger partial charge < -0.3 is 21.4 Å². The number of H-pyrrole nitrogens is 1. The van der Waals surface area contributed by atoms with Crippen LogP contribution in [0.15, 0.2) is 36.7 Å². The molecule has 10 heteroatoms. The van der Waals surface area contributed by atoms with Crippen molar-refractivity contribution in [1.82, 2.24) is 15.0 Å². The minimum atomic E-state index is -0.451. The van der Waals surface area contributed by atoms with Crippen LogP contribution in [-0.4, -0.2) is 45.4 Å². The van der Waals surface area contributed by atoms with E-state index in [1.165, 1.54) is 24.2 Å². The number of rotatable bonds is 8. The van der Waals surface area contributed by atoms with Gasteiger partial charge in [-0.1, -0.05) is 18.2 Å². The van der Waals surface area contributed by atoms with Crippen molar-refractivity contribution in [1.29, 1.82) is 0 Å². The Morgan fingerprint density at radius 1 is 1.22 bits per heavy atom. The number of nitro groups is 1. The third-order valence-electron chi connectivity index (χ3n) is 5.65. The maximum Gasteiger partial charge on any atom is 0.329 e. The smallest absolute Gasteiger partial charge is 0.329 e. The Hall–Kier alpha value is -2.91. The highest BCUT2D eigenvalue weighted by Crippen LogP contribution is 2.29. The van der Waals surface area contributed by atoms with Crippen LogP contribution in [0.3, 0.4) is 0 Å². The van der Waals surface area contributed by atoms with Crippen molar-refractivity contribution in [3.63, 3.8) is 0 Å². The Balaban J connectivity index is 0.00000141. The number of fused-ring (bicyclic) bond motifs is 1. The number of aromatic nitrogens is 3. The lowest BCUT2D eigenvalue weighted by molar-refractivity contribution is -0.384. The molecule has 5 N–H and O–H groups in total. The van der Waals surface area contributed by atoms with Crippen LogP contribution in [0.1, 0.15) is 31.2 Å². The summed E-state index contributed by atoms with van der Waals surface area (Å²) in [6, 6.07) is 8.15. The zero-order chi connectivity index (χ0) is 22.9. The number of alkyl halides is 1. The standard InChI is InChI=1S/C21H25ClN6O2.CH5N/c22-16-7-5-14(6-8-16)11-25-20-19(28(29)30)13-26-21(27-20)23-10-9-15-12-24-18-4-2-1-3-17(15)18;1-2/h1-4,12-14,16,24H,5-11H2,(H2,23,25,26,27);2H2,1H3. The second-order valence-corrected chi connectivity index (χ2v) is 8.34. The maximum atomic E-state index is 11.4. The molecule has 0 atom stereocenters. The van der Waals surface area contributed by atoms with Gasteiger partial charge in [-0.2, -0.15) is 4.98 Å². The molecule has 2 aromatic heterocycles. The van der Waals surface area contributed by atoms with E-state index in [2.05, 4.69) is 37.4 Å². The van der Waals surface area contributed by atoms with Crippen LogP contribution in [0.25, 0.3) is 10.9 Å². The van der Waals surface area contributed by atoms with Gasteiger partial charge in [-0.05, 0) is 56.7 Å². The predicted octanol–water partition coefficient (Wildman–Crippen LogP) is 4.31. The Morgan fingerprint density at radius 2 is 1.97 bits per heavy atom. The summed E-state index contributed by atoms with van der Waals surface area (Å²) in [5.41, 5.74) is 6.70. The predicted molar refractivity (Wildman–Crippen MR) is 129 cm³/mol. The largest absolute Gasteiger partial charge is 0.364 e. The molecular weight excluding hydrogens is 430 g/mol. The molecule has 0 radical (unpaired) electrons. The Morgan fingerprint density at radius 3 is 2.72 bits per heavy atom. The fourth-order valence-electron chi connectivity index (χ4n) is 3.94. The van der Waals surface area contributed by atoms with Crippen LogP contribution >= 0.6 is 11.6 Å². The average molecular weight is 460 g/mol. The molecule has 1 saturated carbocycles. The van der Waals surface area contributed by atoms with Gasteiger partial charge in [-0.3, -0.25) is 10.1 Å². The van der Waals surface area contributed by atoms with Crippen LogP contribution in [-0.2, 0) is 6.42 Å². The van der Waals surface area contributed by atoms with Crippen LogP contribution < -0.4 is 16.4 Å². The highest BCUT2D eigenvalue weighted by Gasteiger charge is 2.22. The summed E-state index contributed by atoms with van der Waals surface area (Å²) in [7, 11) is 1.50. The average Bonchev–Trinajstić information content (AvgIpc) is 3.23. The van der Waals surface area contributed by atoms with Crippen LogP contribution in [0.5, 0.6) is 0 Å². The summed E-state index contributed by atoms with van der Waals surface area (Å²) >= 11 is 6.16. The molecule has 1 aliphatic carbocycles. The molecule has 3 aromatic rings. The zero-order valence-electron chi connectivity index (χ0n) is 18.2. The molecule has 1 aromatic carbocycles. The molecule has 0 bridgehead atoms. The first-order valence-corrected chi connectivity index (χ1v) is 11.3. The second-order valence-electron chi connectivity index (χ2n) is 7.72. The molecule has 0 unspecified atom stereocenters. The third kappa shape index (κ3) is 6.08. The van der Waals surface area contributed by atoms with Crippen LogP contribution in [0.4, 0.5) is 17.5 Å². The lowest BCUT2D eigenvalue weighted by Gasteiger charge is -2.25.